The molecule has 0 bridgehead atoms. The quantitative estimate of drug-likeness (QED) is 0.433. The second-order valence-electron chi connectivity index (χ2n) is 6.04. The molecule has 1 aromatic carbocycles. The molecule has 132 valence electrons. The van der Waals surface area contributed by atoms with Gasteiger partial charge in [0.2, 0.25) is 0 Å². The fourth-order valence-corrected chi connectivity index (χ4v) is 4.33. The molecule has 9 heteroatoms. The van der Waals surface area contributed by atoms with Gasteiger partial charge < -0.3 is 5.11 Å². The van der Waals surface area contributed by atoms with Crippen molar-refractivity contribution in [3.63, 3.8) is 0 Å². The minimum absolute atomic E-state index is 0.237. The lowest BCUT2D eigenvalue weighted by molar-refractivity contribution is -0.385. The summed E-state index contributed by atoms with van der Waals surface area (Å²) in [6.07, 6.45) is 6.75. The molecule has 8 nitrogen and oxygen atoms in total. The van der Waals surface area contributed by atoms with Gasteiger partial charge in [0, 0.05) is 16.5 Å². The Morgan fingerprint density at radius 3 is 2.96 bits per heavy atom. The summed E-state index contributed by atoms with van der Waals surface area (Å²) in [5.74, 6) is -0.419. The van der Waals surface area contributed by atoms with E-state index in [1.165, 1.54) is 35.6 Å². The Kier molecular flexibility index (Phi) is 4.00. The monoisotopic (exact) mass is 370 g/mol. The first-order chi connectivity index (χ1) is 12.5. The minimum Gasteiger partial charge on any atom is -0.502 e. The molecule has 26 heavy (non-hydrogen) atoms. The summed E-state index contributed by atoms with van der Waals surface area (Å²) in [5, 5.41) is 25.1. The first-order valence-corrected chi connectivity index (χ1v) is 8.90. The van der Waals surface area contributed by atoms with Crippen molar-refractivity contribution in [1.82, 2.24) is 9.66 Å². The number of aromatic nitrogens is 2. The van der Waals surface area contributed by atoms with Crippen LogP contribution in [0.3, 0.4) is 0 Å². The highest BCUT2D eigenvalue weighted by molar-refractivity contribution is 7.18. The summed E-state index contributed by atoms with van der Waals surface area (Å²) in [7, 11) is 0. The highest BCUT2D eigenvalue weighted by Gasteiger charge is 2.20. The molecular weight excluding hydrogens is 356 g/mol. The second kappa shape index (κ2) is 6.34. The molecule has 1 aliphatic carbocycles. The van der Waals surface area contributed by atoms with Crippen molar-refractivity contribution in [3.8, 4) is 5.75 Å². The van der Waals surface area contributed by atoms with E-state index in [1.54, 1.807) is 11.3 Å². The standard InChI is InChI=1S/C17H14N4O4S/c22-13-6-5-10(7-12(13)21(24)25)8-19-20-9-18-16-15(17(20)23)11-3-1-2-4-14(11)26-16/h5-9,22H,1-4H2/b19-8-. The zero-order chi connectivity index (χ0) is 18.3. The SMILES string of the molecule is O=c1c2c3c(sc2ncn1/N=C\c1ccc(O)c([N+](=O)[O-])c1)CCCC3. The summed E-state index contributed by atoms with van der Waals surface area (Å²) < 4.78 is 1.14. The van der Waals surface area contributed by atoms with E-state index < -0.39 is 16.4 Å². The van der Waals surface area contributed by atoms with Crippen LogP contribution in [0.5, 0.6) is 5.75 Å². The van der Waals surface area contributed by atoms with Crippen LogP contribution in [0.25, 0.3) is 10.2 Å². The number of phenolic OH excluding ortho intramolecular Hbond substituents is 1. The van der Waals surface area contributed by atoms with Crippen LogP contribution in [-0.2, 0) is 12.8 Å². The van der Waals surface area contributed by atoms with Crippen molar-refractivity contribution >= 4 is 33.5 Å². The van der Waals surface area contributed by atoms with Gasteiger partial charge in [-0.05, 0) is 43.4 Å². The van der Waals surface area contributed by atoms with E-state index in [1.807, 2.05) is 0 Å². The Morgan fingerprint density at radius 2 is 2.15 bits per heavy atom. The number of thiophene rings is 1. The van der Waals surface area contributed by atoms with Crippen molar-refractivity contribution in [2.75, 3.05) is 0 Å². The van der Waals surface area contributed by atoms with Crippen molar-refractivity contribution in [2.45, 2.75) is 25.7 Å². The minimum atomic E-state index is -0.676. The van der Waals surface area contributed by atoms with E-state index in [0.717, 1.165) is 40.8 Å². The number of nitrogens with zero attached hydrogens (tertiary/aromatic N) is 4. The van der Waals surface area contributed by atoms with E-state index in [2.05, 4.69) is 10.1 Å². The van der Waals surface area contributed by atoms with E-state index in [9.17, 15) is 20.0 Å². The Morgan fingerprint density at radius 1 is 1.35 bits per heavy atom. The molecule has 3 aromatic rings. The van der Waals surface area contributed by atoms with E-state index in [0.29, 0.717) is 10.9 Å². The van der Waals surface area contributed by atoms with Gasteiger partial charge in [0.1, 0.15) is 11.2 Å². The topological polar surface area (TPSA) is 111 Å². The molecule has 0 saturated carbocycles. The molecule has 0 aliphatic heterocycles. The third-order valence-corrected chi connectivity index (χ3v) is 5.59. The molecule has 0 fully saturated rings. The Bertz CT molecular complexity index is 1120. The van der Waals surface area contributed by atoms with Gasteiger partial charge in [-0.3, -0.25) is 14.9 Å². The number of nitro benzene ring substituents is 1. The number of fused-ring (bicyclic) bond motifs is 3. The van der Waals surface area contributed by atoms with Crippen molar-refractivity contribution in [3.05, 3.63) is 61.0 Å². The normalized spacial score (nSPS) is 14.0. The number of hydrogen-bond donors (Lipinski definition) is 1. The highest BCUT2D eigenvalue weighted by Crippen LogP contribution is 2.33. The molecule has 0 amide bonds. The molecule has 4 rings (SSSR count). The van der Waals surface area contributed by atoms with Crippen LogP contribution in [0.1, 0.15) is 28.8 Å². The van der Waals surface area contributed by atoms with Crippen LogP contribution < -0.4 is 5.56 Å². The fourth-order valence-electron chi connectivity index (χ4n) is 3.12. The van der Waals surface area contributed by atoms with Gasteiger partial charge >= 0.3 is 5.69 Å². The predicted octanol–water partition coefficient (Wildman–Crippen LogP) is 2.83. The smallest absolute Gasteiger partial charge is 0.311 e. The maximum Gasteiger partial charge on any atom is 0.311 e. The van der Waals surface area contributed by atoms with E-state index >= 15 is 0 Å². The molecule has 0 radical (unpaired) electrons. The lowest BCUT2D eigenvalue weighted by Gasteiger charge is -2.09. The number of hydrogen-bond acceptors (Lipinski definition) is 7. The maximum absolute atomic E-state index is 12.8. The van der Waals surface area contributed by atoms with E-state index in [4.69, 9.17) is 0 Å². The van der Waals surface area contributed by atoms with Crippen LogP contribution >= 0.6 is 11.3 Å². The third kappa shape index (κ3) is 2.76. The summed E-state index contributed by atoms with van der Waals surface area (Å²) in [6, 6.07) is 3.90. The van der Waals surface area contributed by atoms with Crippen LogP contribution in [0.4, 0.5) is 5.69 Å². The number of phenols is 1. The summed E-state index contributed by atoms with van der Waals surface area (Å²) in [4.78, 5) is 29.3. The first kappa shape index (κ1) is 16.4. The molecule has 2 aromatic heterocycles. The van der Waals surface area contributed by atoms with Gasteiger partial charge in [-0.2, -0.15) is 9.78 Å². The molecular formula is C17H14N4O4S. The van der Waals surface area contributed by atoms with Gasteiger partial charge in [0.05, 0.1) is 16.5 Å². The van der Waals surface area contributed by atoms with Crippen LogP contribution in [0.15, 0.2) is 34.4 Å². The number of benzene rings is 1. The first-order valence-electron chi connectivity index (χ1n) is 8.08. The fraction of sp³-hybridized carbons (Fsp3) is 0.235. The Hall–Kier alpha value is -3.07. The summed E-state index contributed by atoms with van der Waals surface area (Å²) in [5.41, 5.74) is 0.827. The Labute approximate surface area is 151 Å². The van der Waals surface area contributed by atoms with Gasteiger partial charge in [-0.15, -0.1) is 11.3 Å². The number of rotatable bonds is 3. The van der Waals surface area contributed by atoms with Gasteiger partial charge in [0.15, 0.2) is 5.75 Å². The number of aromatic hydroxyl groups is 1. The van der Waals surface area contributed by atoms with Gasteiger partial charge in [-0.25, -0.2) is 4.98 Å². The maximum atomic E-state index is 12.8. The largest absolute Gasteiger partial charge is 0.502 e. The molecule has 2 heterocycles. The van der Waals surface area contributed by atoms with E-state index in [-0.39, 0.29) is 5.56 Å². The lowest BCUT2D eigenvalue weighted by atomic mass is 9.97. The molecule has 1 aliphatic rings. The molecule has 1 N–H and O–H groups in total. The molecule has 0 unspecified atom stereocenters. The number of aryl methyl sites for hydroxylation is 2. The van der Waals surface area contributed by atoms with Crippen molar-refractivity contribution in [1.29, 1.82) is 0 Å². The van der Waals surface area contributed by atoms with Crippen molar-refractivity contribution < 1.29 is 10.0 Å². The Balaban J connectivity index is 1.75. The molecule has 0 saturated heterocycles. The van der Waals surface area contributed by atoms with Crippen LogP contribution in [0.2, 0.25) is 0 Å². The average molecular weight is 370 g/mol. The van der Waals surface area contributed by atoms with Crippen LogP contribution in [-0.4, -0.2) is 25.9 Å². The molecule has 0 atom stereocenters. The number of nitro groups is 1. The second-order valence-corrected chi connectivity index (χ2v) is 7.12. The molecule has 0 spiro atoms. The average Bonchev–Trinajstić information content (AvgIpc) is 3.01. The summed E-state index contributed by atoms with van der Waals surface area (Å²) >= 11 is 1.56. The lowest BCUT2D eigenvalue weighted by Crippen LogP contribution is -2.18. The van der Waals surface area contributed by atoms with Crippen LogP contribution in [0, 0.1) is 10.1 Å². The zero-order valence-electron chi connectivity index (χ0n) is 13.6. The predicted molar refractivity (Wildman–Crippen MR) is 98.3 cm³/mol. The van der Waals surface area contributed by atoms with Crippen molar-refractivity contribution in [2.24, 2.45) is 5.10 Å². The highest BCUT2D eigenvalue weighted by atomic mass is 32.1. The van der Waals surface area contributed by atoms with Gasteiger partial charge in [0.25, 0.3) is 5.56 Å². The summed E-state index contributed by atoms with van der Waals surface area (Å²) in [6.45, 7) is 0. The third-order valence-electron chi connectivity index (χ3n) is 4.39. The van der Waals surface area contributed by atoms with Gasteiger partial charge in [-0.1, -0.05) is 0 Å². The zero-order valence-corrected chi connectivity index (χ0v) is 14.4.